The van der Waals surface area contributed by atoms with E-state index in [9.17, 15) is 18.4 Å². The van der Waals surface area contributed by atoms with E-state index in [1.807, 2.05) is 4.90 Å². The van der Waals surface area contributed by atoms with Crippen molar-refractivity contribution in [2.75, 3.05) is 31.1 Å². The number of rotatable bonds is 4. The third kappa shape index (κ3) is 3.10. The van der Waals surface area contributed by atoms with E-state index in [4.69, 9.17) is 0 Å². The molecule has 1 fully saturated rings. The number of alkyl halides is 2. The monoisotopic (exact) mass is 366 g/mol. The molecule has 0 unspecified atom stereocenters. The van der Waals surface area contributed by atoms with Crippen molar-refractivity contribution < 1.29 is 8.78 Å². The van der Waals surface area contributed by atoms with Crippen LogP contribution in [0, 0.1) is 11.8 Å². The van der Waals surface area contributed by atoms with Crippen LogP contribution in [-0.2, 0) is 20.1 Å². The third-order valence-corrected chi connectivity index (χ3v) is 4.34. The smallest absolute Gasteiger partial charge is 0.332 e. The van der Waals surface area contributed by atoms with Gasteiger partial charge in [-0.2, -0.15) is 4.98 Å². The van der Waals surface area contributed by atoms with Crippen LogP contribution >= 0.6 is 0 Å². The van der Waals surface area contributed by atoms with Crippen LogP contribution in [0.1, 0.15) is 6.92 Å². The molecule has 8 nitrogen and oxygen atoms in total. The second-order valence-electron chi connectivity index (χ2n) is 5.98. The molecule has 1 saturated heterocycles. The molecule has 1 N–H and O–H groups in total. The van der Waals surface area contributed by atoms with E-state index < -0.39 is 24.2 Å². The maximum absolute atomic E-state index is 13.0. The van der Waals surface area contributed by atoms with E-state index in [2.05, 4.69) is 22.1 Å². The van der Waals surface area contributed by atoms with Gasteiger partial charge in [-0.05, 0) is 6.92 Å². The van der Waals surface area contributed by atoms with Crippen molar-refractivity contribution in [2.24, 2.45) is 7.05 Å². The second kappa shape index (κ2) is 7.29. The van der Waals surface area contributed by atoms with Crippen LogP contribution in [0.25, 0.3) is 11.2 Å². The van der Waals surface area contributed by atoms with Gasteiger partial charge in [-0.1, -0.05) is 5.92 Å². The highest BCUT2D eigenvalue weighted by molar-refractivity contribution is 5.75. The van der Waals surface area contributed by atoms with Crippen molar-refractivity contribution in [3.05, 3.63) is 20.8 Å². The number of fused-ring (bicyclic) bond motifs is 1. The van der Waals surface area contributed by atoms with Crippen LogP contribution in [0.3, 0.4) is 0 Å². The Morgan fingerprint density at radius 1 is 1.23 bits per heavy atom. The Labute approximate surface area is 148 Å². The lowest BCUT2D eigenvalue weighted by molar-refractivity contribution is 0.125. The van der Waals surface area contributed by atoms with Gasteiger partial charge < -0.3 is 10.2 Å². The molecule has 26 heavy (non-hydrogen) atoms. The molecule has 140 valence electrons. The molecular formula is C16H20F2N6O2. The minimum absolute atomic E-state index is 0.0233. The molecule has 0 atom stereocenters. The van der Waals surface area contributed by atoms with Crippen LogP contribution in [-0.4, -0.2) is 51.3 Å². The fourth-order valence-electron chi connectivity index (χ4n) is 3.06. The number of imidazole rings is 1. The molecule has 2 aromatic heterocycles. The fourth-order valence-corrected chi connectivity index (χ4v) is 3.06. The van der Waals surface area contributed by atoms with Gasteiger partial charge in [-0.25, -0.2) is 13.6 Å². The van der Waals surface area contributed by atoms with Crippen molar-refractivity contribution in [3.8, 4) is 11.8 Å². The summed E-state index contributed by atoms with van der Waals surface area (Å²) in [6.07, 6.45) is -2.74. The topological polar surface area (TPSA) is 77.1 Å². The van der Waals surface area contributed by atoms with Crippen molar-refractivity contribution in [3.63, 3.8) is 0 Å². The highest BCUT2D eigenvalue weighted by Gasteiger charge is 2.25. The van der Waals surface area contributed by atoms with Crippen LogP contribution < -0.4 is 21.5 Å². The SMILES string of the molecule is CC#CCn1c(N2CCNCC2)nc2c1c(=O)n(C)c(=O)n2CC(F)F. The molecule has 10 heteroatoms. The maximum Gasteiger partial charge on any atom is 0.332 e. The molecule has 1 aliphatic rings. The van der Waals surface area contributed by atoms with Gasteiger partial charge in [0.1, 0.15) is 0 Å². The number of halogens is 2. The number of aromatic nitrogens is 4. The molecule has 0 bridgehead atoms. The van der Waals surface area contributed by atoms with E-state index in [0.717, 1.165) is 22.2 Å². The second-order valence-corrected chi connectivity index (χ2v) is 5.98. The predicted octanol–water partition coefficient (Wildman–Crippen LogP) is -0.405. The fraction of sp³-hybridized carbons (Fsp3) is 0.562. The average Bonchev–Trinajstić information content (AvgIpc) is 3.01. The van der Waals surface area contributed by atoms with Gasteiger partial charge in [0.25, 0.3) is 12.0 Å². The molecule has 3 rings (SSSR count). The van der Waals surface area contributed by atoms with E-state index >= 15 is 0 Å². The van der Waals surface area contributed by atoms with Crippen molar-refractivity contribution in [2.45, 2.75) is 26.4 Å². The first kappa shape index (κ1) is 18.1. The summed E-state index contributed by atoms with van der Waals surface area (Å²) in [5.41, 5.74) is -1.28. The normalized spacial score (nSPS) is 14.7. The first-order valence-electron chi connectivity index (χ1n) is 8.29. The van der Waals surface area contributed by atoms with Gasteiger partial charge in [-0.3, -0.25) is 18.5 Å². The quantitative estimate of drug-likeness (QED) is 0.745. The van der Waals surface area contributed by atoms with E-state index in [1.165, 1.54) is 7.05 Å². The zero-order valence-corrected chi connectivity index (χ0v) is 14.6. The lowest BCUT2D eigenvalue weighted by Gasteiger charge is -2.28. The number of piperazine rings is 1. The number of hydrogen-bond acceptors (Lipinski definition) is 5. The Morgan fingerprint density at radius 2 is 1.92 bits per heavy atom. The van der Waals surface area contributed by atoms with Crippen LogP contribution in [0.2, 0.25) is 0 Å². The molecule has 0 aliphatic carbocycles. The summed E-state index contributed by atoms with van der Waals surface area (Å²) in [5, 5.41) is 3.22. The van der Waals surface area contributed by atoms with Crippen molar-refractivity contribution >= 4 is 17.1 Å². The van der Waals surface area contributed by atoms with Gasteiger partial charge in [0, 0.05) is 33.2 Å². The Balaban J connectivity index is 2.33. The standard InChI is InChI=1S/C16H20F2N6O2/c1-3-4-7-23-12-13(20-15(23)22-8-5-19-6-9-22)24(10-11(17)18)16(26)21(2)14(12)25/h11,19H,5-10H2,1-2H3. The predicted molar refractivity (Wildman–Crippen MR) is 93.8 cm³/mol. The molecule has 0 radical (unpaired) electrons. The van der Waals surface area contributed by atoms with Gasteiger partial charge in [0.2, 0.25) is 5.95 Å². The Hall–Kier alpha value is -2.67. The lowest BCUT2D eigenvalue weighted by atomic mass is 10.4. The molecule has 1 aliphatic heterocycles. The highest BCUT2D eigenvalue weighted by Crippen LogP contribution is 2.20. The van der Waals surface area contributed by atoms with Crippen molar-refractivity contribution in [1.29, 1.82) is 0 Å². The minimum atomic E-state index is -2.74. The van der Waals surface area contributed by atoms with Crippen LogP contribution in [0.15, 0.2) is 9.59 Å². The van der Waals surface area contributed by atoms with Crippen LogP contribution in [0.5, 0.6) is 0 Å². The largest absolute Gasteiger partial charge is 0.340 e. The molecular weight excluding hydrogens is 346 g/mol. The Bertz CT molecular complexity index is 989. The van der Waals surface area contributed by atoms with Gasteiger partial charge in [-0.15, -0.1) is 5.92 Å². The molecule has 0 spiro atoms. The minimum Gasteiger partial charge on any atom is -0.340 e. The first-order chi connectivity index (χ1) is 12.5. The first-order valence-corrected chi connectivity index (χ1v) is 8.29. The van der Waals surface area contributed by atoms with E-state index in [-0.39, 0.29) is 17.7 Å². The van der Waals surface area contributed by atoms with E-state index in [1.54, 1.807) is 11.5 Å². The summed E-state index contributed by atoms with van der Waals surface area (Å²) >= 11 is 0. The Kier molecular flexibility index (Phi) is 5.08. The average molecular weight is 366 g/mol. The zero-order valence-electron chi connectivity index (χ0n) is 14.6. The van der Waals surface area contributed by atoms with Crippen LogP contribution in [0.4, 0.5) is 14.7 Å². The van der Waals surface area contributed by atoms with Crippen molar-refractivity contribution in [1.82, 2.24) is 24.0 Å². The molecule has 0 aromatic carbocycles. The third-order valence-electron chi connectivity index (χ3n) is 4.34. The molecule has 0 amide bonds. The summed E-state index contributed by atoms with van der Waals surface area (Å²) in [6.45, 7) is 3.84. The van der Waals surface area contributed by atoms with Gasteiger partial charge in [0.05, 0.1) is 13.1 Å². The number of nitrogens with one attached hydrogen (secondary N) is 1. The Morgan fingerprint density at radius 3 is 2.54 bits per heavy atom. The summed E-state index contributed by atoms with van der Waals surface area (Å²) < 4.78 is 29.3. The number of hydrogen-bond donors (Lipinski definition) is 1. The molecule has 2 aromatic rings. The number of nitrogens with zero attached hydrogens (tertiary/aromatic N) is 5. The summed E-state index contributed by atoms with van der Waals surface area (Å²) in [4.78, 5) is 31.4. The highest BCUT2D eigenvalue weighted by atomic mass is 19.3. The summed E-state index contributed by atoms with van der Waals surface area (Å²) in [7, 11) is 1.28. The van der Waals surface area contributed by atoms with Gasteiger partial charge in [0.15, 0.2) is 11.2 Å². The lowest BCUT2D eigenvalue weighted by Crippen LogP contribution is -2.44. The van der Waals surface area contributed by atoms with E-state index in [0.29, 0.717) is 19.0 Å². The summed E-state index contributed by atoms with van der Waals surface area (Å²) in [5.74, 6) is 6.12. The van der Waals surface area contributed by atoms with Gasteiger partial charge >= 0.3 is 5.69 Å². The molecule has 0 saturated carbocycles. The number of anilines is 1. The zero-order chi connectivity index (χ0) is 18.8. The summed E-state index contributed by atoms with van der Waals surface area (Å²) in [6, 6.07) is 0. The maximum atomic E-state index is 13.0. The molecule has 3 heterocycles.